The Hall–Kier alpha value is 0.440. The predicted molar refractivity (Wildman–Crippen MR) is 109 cm³/mol. The lowest BCUT2D eigenvalue weighted by molar-refractivity contribution is -0.177. The number of phosphoric ester groups is 5. The third-order valence-corrected chi connectivity index (χ3v) is 7.69. The second-order valence-corrected chi connectivity index (χ2v) is 14.5. The molecule has 0 unspecified atom stereocenters. The fraction of sp³-hybridized carbons (Fsp3) is 0.750. The SMILES string of the molecule is C=C([C@H]1[C@H](OP(=O)(O)O)[C@@H](OP(=O)(O)O)[C@H](OP(=O)(O)O)[C@@H](OP(=O)(O)O)[C@@H]1OP(=O)(O)O)P(=O)(O)O. The molecule has 1 rings (SSSR count). The van der Waals surface area contributed by atoms with Crippen molar-refractivity contribution < 1.29 is 109 Å². The maximum absolute atomic E-state index is 11.9. The highest BCUT2D eigenvalue weighted by Crippen LogP contribution is 2.61. The molecule has 0 amide bonds. The van der Waals surface area contributed by atoms with Gasteiger partial charge in [0.1, 0.15) is 30.5 Å². The van der Waals surface area contributed by atoms with Gasteiger partial charge >= 0.3 is 46.7 Å². The zero-order valence-electron chi connectivity index (χ0n) is 17.2. The van der Waals surface area contributed by atoms with Crippen molar-refractivity contribution in [2.24, 2.45) is 5.92 Å². The Labute approximate surface area is 204 Å². The smallest absolute Gasteiger partial charge is 0.321 e. The molecule has 0 radical (unpaired) electrons. The molecule has 12 N–H and O–H groups in total. The lowest BCUT2D eigenvalue weighted by Crippen LogP contribution is -2.63. The Bertz CT molecular complexity index is 1070. The van der Waals surface area contributed by atoms with Crippen LogP contribution in [0.3, 0.4) is 0 Å². The van der Waals surface area contributed by atoms with E-state index in [1.54, 1.807) is 0 Å². The predicted octanol–water partition coefficient (Wildman–Crippen LogP) is -2.30. The number of rotatable bonds is 12. The molecule has 1 saturated carbocycles. The molecule has 0 aliphatic heterocycles. The zero-order chi connectivity index (χ0) is 29.6. The fourth-order valence-corrected chi connectivity index (χ4v) is 6.62. The molecule has 0 aromatic rings. The van der Waals surface area contributed by atoms with Gasteiger partial charge in [-0.15, -0.1) is 0 Å². The van der Waals surface area contributed by atoms with Crippen LogP contribution in [0.25, 0.3) is 0 Å². The van der Waals surface area contributed by atoms with Gasteiger partial charge in [0, 0.05) is 5.31 Å². The van der Waals surface area contributed by atoms with Crippen molar-refractivity contribution in [2.75, 3.05) is 0 Å². The quantitative estimate of drug-likeness (QED) is 0.0971. The van der Waals surface area contributed by atoms with Gasteiger partial charge in [0.25, 0.3) is 0 Å². The molecular formula is C8H20O23P6. The second-order valence-electron chi connectivity index (χ2n) is 6.86. The van der Waals surface area contributed by atoms with E-state index in [0.717, 1.165) is 0 Å². The van der Waals surface area contributed by atoms with E-state index in [1.165, 1.54) is 0 Å². The third-order valence-electron chi connectivity index (χ3n) is 4.06. The summed E-state index contributed by atoms with van der Waals surface area (Å²) in [6.07, 6.45) is -15.4. The van der Waals surface area contributed by atoms with Crippen molar-refractivity contribution in [1.29, 1.82) is 0 Å². The van der Waals surface area contributed by atoms with Crippen molar-refractivity contribution in [3.05, 3.63) is 11.9 Å². The van der Waals surface area contributed by atoms with E-state index >= 15 is 0 Å². The average Bonchev–Trinajstić information content (AvgIpc) is 2.54. The van der Waals surface area contributed by atoms with Gasteiger partial charge in [-0.25, -0.2) is 22.8 Å². The molecule has 29 heteroatoms. The van der Waals surface area contributed by atoms with Crippen molar-refractivity contribution in [3.8, 4) is 0 Å². The largest absolute Gasteiger partial charge is 0.470 e. The monoisotopic (exact) mass is 670 g/mol. The molecule has 0 heterocycles. The summed E-state index contributed by atoms with van der Waals surface area (Å²) >= 11 is 0. The summed E-state index contributed by atoms with van der Waals surface area (Å²) in [5.41, 5.74) is 0. The summed E-state index contributed by atoms with van der Waals surface area (Å²) in [6, 6.07) is 0. The number of hydrogen-bond acceptors (Lipinski definition) is 11. The Morgan fingerprint density at radius 3 is 0.811 bits per heavy atom. The summed E-state index contributed by atoms with van der Waals surface area (Å²) in [7, 11) is -35.8. The van der Waals surface area contributed by atoms with E-state index in [-0.39, 0.29) is 0 Å². The first-order chi connectivity index (χ1) is 16.0. The molecule has 0 spiro atoms. The van der Waals surface area contributed by atoms with Crippen LogP contribution in [0.5, 0.6) is 0 Å². The summed E-state index contributed by atoms with van der Waals surface area (Å²) in [5, 5.41) is -1.65. The molecule has 0 saturated heterocycles. The van der Waals surface area contributed by atoms with Crippen LogP contribution in [-0.2, 0) is 50.0 Å². The molecule has 1 fully saturated rings. The summed E-state index contributed by atoms with van der Waals surface area (Å²) in [6.45, 7) is 2.85. The van der Waals surface area contributed by atoms with Crippen LogP contribution < -0.4 is 0 Å². The highest BCUT2D eigenvalue weighted by molar-refractivity contribution is 7.56. The van der Waals surface area contributed by atoms with Gasteiger partial charge in [-0.2, -0.15) is 0 Å². The molecule has 37 heavy (non-hydrogen) atoms. The minimum atomic E-state index is -6.01. The van der Waals surface area contributed by atoms with Crippen molar-refractivity contribution >= 4 is 46.7 Å². The van der Waals surface area contributed by atoms with Crippen LogP contribution in [0.4, 0.5) is 0 Å². The van der Waals surface area contributed by atoms with E-state index in [2.05, 4.69) is 29.2 Å². The van der Waals surface area contributed by atoms with E-state index in [9.17, 15) is 86.1 Å². The Balaban J connectivity index is 4.17. The lowest BCUT2D eigenvalue weighted by Gasteiger charge is -2.49. The molecule has 0 aromatic carbocycles. The molecule has 220 valence electrons. The van der Waals surface area contributed by atoms with E-state index < -0.39 is 88.5 Å². The minimum Gasteiger partial charge on any atom is -0.321 e. The van der Waals surface area contributed by atoms with Gasteiger partial charge in [-0.1, -0.05) is 6.58 Å². The lowest BCUT2D eigenvalue weighted by atomic mass is 9.78. The highest BCUT2D eigenvalue weighted by Gasteiger charge is 2.62. The maximum atomic E-state index is 11.9. The topological polar surface area (TPSA) is 391 Å². The Morgan fingerprint density at radius 2 is 0.622 bits per heavy atom. The second kappa shape index (κ2) is 11.7. The van der Waals surface area contributed by atoms with Crippen molar-refractivity contribution in [2.45, 2.75) is 30.5 Å². The zero-order valence-corrected chi connectivity index (χ0v) is 22.6. The van der Waals surface area contributed by atoms with Crippen LogP contribution in [0.15, 0.2) is 11.9 Å². The van der Waals surface area contributed by atoms with Crippen LogP contribution in [-0.4, -0.2) is 89.2 Å². The van der Waals surface area contributed by atoms with E-state index in [0.29, 0.717) is 0 Å². The van der Waals surface area contributed by atoms with Gasteiger partial charge in [0.15, 0.2) is 0 Å². The Morgan fingerprint density at radius 1 is 0.432 bits per heavy atom. The van der Waals surface area contributed by atoms with Crippen LogP contribution >= 0.6 is 46.7 Å². The first kappa shape index (κ1) is 35.5. The first-order valence-corrected chi connectivity index (χ1v) is 17.7. The summed E-state index contributed by atoms with van der Waals surface area (Å²) in [4.78, 5) is 111. The minimum absolute atomic E-state index is 1.65. The van der Waals surface area contributed by atoms with Crippen LogP contribution in [0.2, 0.25) is 0 Å². The van der Waals surface area contributed by atoms with Crippen molar-refractivity contribution in [1.82, 2.24) is 0 Å². The fourth-order valence-electron chi connectivity index (χ4n) is 3.13. The normalized spacial score (nSPS) is 28.8. The summed E-state index contributed by atoms with van der Waals surface area (Å²) < 4.78 is 90.6. The molecule has 1 aliphatic rings. The molecule has 1 aliphatic carbocycles. The number of phosphoric acid groups is 5. The molecular weight excluding hydrogens is 650 g/mol. The van der Waals surface area contributed by atoms with Gasteiger partial charge in [0.05, 0.1) is 5.92 Å². The van der Waals surface area contributed by atoms with E-state index in [1.807, 2.05) is 0 Å². The van der Waals surface area contributed by atoms with Crippen LogP contribution in [0.1, 0.15) is 0 Å². The standard InChI is InChI=1S/C8H20O23P6/c1-2(32(9,10)11)3-4(27-33(12,13)14)6(29-35(18,19)20)8(31-37(24,25)26)7(30-36(21,22)23)5(3)28-34(15,16)17/h3-8H,1H2,(H2,9,10,11)(H2,12,13,14)(H2,15,16,17)(H2,18,19,20)(H2,21,22,23)(H2,24,25,26)/t3-,4-,5+,6+,7-,8-. The van der Waals surface area contributed by atoms with Gasteiger partial charge in [0.2, 0.25) is 0 Å². The van der Waals surface area contributed by atoms with Gasteiger partial charge in [-0.05, 0) is 0 Å². The molecule has 23 nitrogen and oxygen atoms in total. The van der Waals surface area contributed by atoms with Gasteiger partial charge < -0.3 is 58.7 Å². The van der Waals surface area contributed by atoms with Crippen LogP contribution in [0, 0.1) is 5.92 Å². The highest BCUT2D eigenvalue weighted by atomic mass is 31.2. The van der Waals surface area contributed by atoms with E-state index in [4.69, 9.17) is 0 Å². The Kier molecular flexibility index (Phi) is 11.3. The van der Waals surface area contributed by atoms with Gasteiger partial charge in [-0.3, -0.25) is 27.2 Å². The molecule has 6 atom stereocenters. The third kappa shape index (κ3) is 12.2. The summed E-state index contributed by atoms with van der Waals surface area (Å²) in [5.74, 6) is -2.87. The maximum Gasteiger partial charge on any atom is 0.470 e. The molecule has 0 bridgehead atoms. The number of hydrogen-bond donors (Lipinski definition) is 12. The first-order valence-electron chi connectivity index (χ1n) is 8.45. The van der Waals surface area contributed by atoms with Crippen molar-refractivity contribution in [3.63, 3.8) is 0 Å². The average molecular weight is 670 g/mol. The molecule has 0 aromatic heterocycles.